The number of hydrogen-bond acceptors (Lipinski definition) is 4. The quantitative estimate of drug-likeness (QED) is 0.801. The van der Waals surface area contributed by atoms with Crippen molar-refractivity contribution in [2.24, 2.45) is 0 Å². The summed E-state index contributed by atoms with van der Waals surface area (Å²) in [4.78, 5) is 2.28. The monoisotopic (exact) mass is 361 g/mol. The molecule has 2 aromatic carbocycles. The van der Waals surface area contributed by atoms with Crippen LogP contribution in [0.5, 0.6) is 0 Å². The fourth-order valence-electron chi connectivity index (χ4n) is 3.45. The van der Waals surface area contributed by atoms with Gasteiger partial charge in [-0.15, -0.1) is 0 Å². The summed E-state index contributed by atoms with van der Waals surface area (Å²) in [5.74, 6) is -0.444. The first-order valence-corrected chi connectivity index (χ1v) is 9.99. The standard InChI is InChI=1S/C19H23NO4S/c1-14-6-8-16-4-2-3-5-19(16)20(14)11-17-9-7-15(12-21)10-18(17)13-25(22,23)24/h2-5,7,9-10,14,21H,6,8,11-13H2,1H3,(H,22,23,24). The third-order valence-corrected chi connectivity index (χ3v) is 5.47. The van der Waals surface area contributed by atoms with E-state index in [1.807, 2.05) is 18.2 Å². The van der Waals surface area contributed by atoms with Gasteiger partial charge in [-0.25, -0.2) is 0 Å². The van der Waals surface area contributed by atoms with Crippen molar-refractivity contribution >= 4 is 15.8 Å². The lowest BCUT2D eigenvalue weighted by molar-refractivity contribution is 0.281. The molecule has 0 amide bonds. The average Bonchev–Trinajstić information content (AvgIpc) is 2.57. The Morgan fingerprint density at radius 3 is 2.64 bits per heavy atom. The summed E-state index contributed by atoms with van der Waals surface area (Å²) in [6.45, 7) is 2.57. The second-order valence-corrected chi connectivity index (χ2v) is 8.08. The van der Waals surface area contributed by atoms with Gasteiger partial charge in [0.05, 0.1) is 6.61 Å². The van der Waals surface area contributed by atoms with E-state index in [0.717, 1.165) is 18.4 Å². The summed E-state index contributed by atoms with van der Waals surface area (Å²) in [6.07, 6.45) is 2.08. The van der Waals surface area contributed by atoms with Crippen molar-refractivity contribution in [3.63, 3.8) is 0 Å². The van der Waals surface area contributed by atoms with Crippen LogP contribution in [0, 0.1) is 0 Å². The molecule has 0 aliphatic carbocycles. The van der Waals surface area contributed by atoms with Crippen molar-refractivity contribution in [2.75, 3.05) is 4.90 Å². The van der Waals surface area contributed by atoms with Gasteiger partial charge in [0.15, 0.2) is 0 Å². The first-order chi connectivity index (χ1) is 11.9. The van der Waals surface area contributed by atoms with Gasteiger partial charge in [-0.1, -0.05) is 36.4 Å². The van der Waals surface area contributed by atoms with E-state index in [0.29, 0.717) is 23.7 Å². The van der Waals surface area contributed by atoms with E-state index in [4.69, 9.17) is 0 Å². The minimum absolute atomic E-state index is 0.165. The van der Waals surface area contributed by atoms with Crippen molar-refractivity contribution in [1.82, 2.24) is 0 Å². The molecule has 0 fully saturated rings. The number of hydrogen-bond donors (Lipinski definition) is 2. The summed E-state index contributed by atoms with van der Waals surface area (Å²) in [7, 11) is -4.14. The number of para-hydroxylation sites is 1. The number of rotatable bonds is 5. The molecule has 3 rings (SSSR count). The maximum atomic E-state index is 11.4. The molecule has 0 bridgehead atoms. The highest BCUT2D eigenvalue weighted by Crippen LogP contribution is 2.32. The zero-order valence-corrected chi connectivity index (χ0v) is 15.0. The smallest absolute Gasteiger partial charge is 0.269 e. The highest BCUT2D eigenvalue weighted by atomic mass is 32.2. The van der Waals surface area contributed by atoms with E-state index >= 15 is 0 Å². The largest absolute Gasteiger partial charge is 0.392 e. The van der Waals surface area contributed by atoms with Crippen molar-refractivity contribution in [3.05, 3.63) is 64.7 Å². The van der Waals surface area contributed by atoms with Gasteiger partial charge in [-0.3, -0.25) is 4.55 Å². The maximum absolute atomic E-state index is 11.4. The van der Waals surface area contributed by atoms with Gasteiger partial charge in [0, 0.05) is 18.3 Å². The number of aryl methyl sites for hydroxylation is 1. The minimum Gasteiger partial charge on any atom is -0.392 e. The Labute approximate surface area is 148 Å². The first kappa shape index (κ1) is 17.9. The SMILES string of the molecule is CC1CCc2ccccc2N1Cc1ccc(CO)cc1CS(=O)(=O)O. The Hall–Kier alpha value is -1.89. The minimum atomic E-state index is -4.14. The number of aliphatic hydroxyl groups is 1. The van der Waals surface area contributed by atoms with E-state index in [1.165, 1.54) is 11.3 Å². The van der Waals surface area contributed by atoms with Gasteiger partial charge in [0.25, 0.3) is 10.1 Å². The summed E-state index contributed by atoms with van der Waals surface area (Å²) < 4.78 is 32.0. The van der Waals surface area contributed by atoms with Crippen LogP contribution < -0.4 is 4.90 Å². The number of nitrogens with zero attached hydrogens (tertiary/aromatic N) is 1. The molecule has 1 unspecified atom stereocenters. The van der Waals surface area contributed by atoms with Crippen LogP contribution in [0.2, 0.25) is 0 Å². The molecule has 0 aromatic heterocycles. The summed E-state index contributed by atoms with van der Waals surface area (Å²) >= 11 is 0. The van der Waals surface area contributed by atoms with Gasteiger partial charge in [-0.2, -0.15) is 8.42 Å². The molecule has 1 atom stereocenters. The van der Waals surface area contributed by atoms with E-state index in [2.05, 4.69) is 24.0 Å². The predicted molar refractivity (Wildman–Crippen MR) is 98.0 cm³/mol. The highest BCUT2D eigenvalue weighted by molar-refractivity contribution is 7.85. The Bertz CT molecular complexity index is 863. The van der Waals surface area contributed by atoms with Crippen LogP contribution >= 0.6 is 0 Å². The normalized spacial score (nSPS) is 17.4. The van der Waals surface area contributed by atoms with E-state index in [-0.39, 0.29) is 6.61 Å². The lowest BCUT2D eigenvalue weighted by Crippen LogP contribution is -2.37. The molecule has 0 saturated heterocycles. The molecule has 1 aliphatic rings. The molecule has 2 N–H and O–H groups in total. The number of aliphatic hydroxyl groups excluding tert-OH is 1. The molecule has 134 valence electrons. The fraction of sp³-hybridized carbons (Fsp3) is 0.368. The topological polar surface area (TPSA) is 77.8 Å². The molecule has 5 nitrogen and oxygen atoms in total. The third kappa shape index (κ3) is 4.21. The van der Waals surface area contributed by atoms with Gasteiger partial charge < -0.3 is 10.0 Å². The number of fused-ring (bicyclic) bond motifs is 1. The van der Waals surface area contributed by atoms with Crippen molar-refractivity contribution in [1.29, 1.82) is 0 Å². The third-order valence-electron chi connectivity index (χ3n) is 4.80. The molecular formula is C19H23NO4S. The van der Waals surface area contributed by atoms with Crippen LogP contribution in [0.4, 0.5) is 5.69 Å². The van der Waals surface area contributed by atoms with Crippen LogP contribution in [0.25, 0.3) is 0 Å². The molecule has 0 radical (unpaired) electrons. The molecular weight excluding hydrogens is 338 g/mol. The molecule has 0 spiro atoms. The number of anilines is 1. The highest BCUT2D eigenvalue weighted by Gasteiger charge is 2.24. The van der Waals surface area contributed by atoms with Gasteiger partial charge in [0.2, 0.25) is 0 Å². The van der Waals surface area contributed by atoms with Crippen molar-refractivity contribution in [2.45, 2.75) is 44.7 Å². The van der Waals surface area contributed by atoms with E-state index < -0.39 is 15.9 Å². The summed E-state index contributed by atoms with van der Waals surface area (Å²) in [6, 6.07) is 13.9. The second-order valence-electron chi connectivity index (χ2n) is 6.63. The molecule has 0 saturated carbocycles. The molecule has 1 aliphatic heterocycles. The van der Waals surface area contributed by atoms with Gasteiger partial charge >= 0.3 is 0 Å². The molecule has 1 heterocycles. The van der Waals surface area contributed by atoms with Gasteiger partial charge in [0.1, 0.15) is 5.75 Å². The predicted octanol–water partition coefficient (Wildman–Crippen LogP) is 2.91. The van der Waals surface area contributed by atoms with Gasteiger partial charge in [-0.05, 0) is 48.1 Å². The molecule has 6 heteroatoms. The van der Waals surface area contributed by atoms with E-state index in [9.17, 15) is 18.1 Å². The summed E-state index contributed by atoms with van der Waals surface area (Å²) in [5.41, 5.74) is 4.48. The van der Waals surface area contributed by atoms with Crippen molar-refractivity contribution < 1.29 is 18.1 Å². The first-order valence-electron chi connectivity index (χ1n) is 8.38. The van der Waals surface area contributed by atoms with Crippen LogP contribution in [0.15, 0.2) is 42.5 Å². The lowest BCUT2D eigenvalue weighted by Gasteiger charge is -2.37. The zero-order chi connectivity index (χ0) is 18.0. The van der Waals surface area contributed by atoms with Crippen LogP contribution in [0.1, 0.15) is 35.6 Å². The Kier molecular flexibility index (Phi) is 5.13. The lowest BCUT2D eigenvalue weighted by atomic mass is 9.95. The Morgan fingerprint density at radius 2 is 1.92 bits per heavy atom. The van der Waals surface area contributed by atoms with E-state index in [1.54, 1.807) is 12.1 Å². The summed E-state index contributed by atoms with van der Waals surface area (Å²) in [5, 5.41) is 9.32. The maximum Gasteiger partial charge on any atom is 0.269 e. The molecule has 25 heavy (non-hydrogen) atoms. The zero-order valence-electron chi connectivity index (χ0n) is 14.2. The van der Waals surface area contributed by atoms with Crippen molar-refractivity contribution in [3.8, 4) is 0 Å². The Balaban J connectivity index is 1.97. The average molecular weight is 361 g/mol. The number of benzene rings is 2. The molecule has 2 aromatic rings. The Morgan fingerprint density at radius 1 is 1.16 bits per heavy atom. The van der Waals surface area contributed by atoms with Crippen LogP contribution in [-0.4, -0.2) is 24.1 Å². The van der Waals surface area contributed by atoms with Crippen LogP contribution in [-0.2, 0) is 35.4 Å². The second kappa shape index (κ2) is 7.15. The fourth-order valence-corrected chi connectivity index (χ4v) is 4.11. The van der Waals surface area contributed by atoms with Crippen LogP contribution in [0.3, 0.4) is 0 Å².